The summed E-state index contributed by atoms with van der Waals surface area (Å²) in [5.74, 6) is -0.494. The van der Waals surface area contributed by atoms with Gasteiger partial charge >= 0.3 is 0 Å². The first-order valence-corrected chi connectivity index (χ1v) is 10.8. The van der Waals surface area contributed by atoms with Crippen LogP contribution in [0.15, 0.2) is 23.1 Å². The Morgan fingerprint density at radius 1 is 1.40 bits per heavy atom. The third-order valence-electron chi connectivity index (χ3n) is 3.28. The summed E-state index contributed by atoms with van der Waals surface area (Å²) in [4.78, 5) is 14.0. The summed E-state index contributed by atoms with van der Waals surface area (Å²) >= 11 is 7.15. The number of likely N-dealkylation sites (N-methyl/N-ethyl adjacent to an activating group) is 1. The number of carbonyl (C=O) groups excluding carboxylic acids is 1. The van der Waals surface area contributed by atoms with E-state index in [1.165, 1.54) is 11.8 Å². The van der Waals surface area contributed by atoms with Crippen LogP contribution in [0.3, 0.4) is 0 Å². The lowest BCUT2D eigenvalue weighted by atomic mass is 10.2. The van der Waals surface area contributed by atoms with Gasteiger partial charge in [-0.1, -0.05) is 11.6 Å². The van der Waals surface area contributed by atoms with Gasteiger partial charge in [0.2, 0.25) is 15.9 Å². The van der Waals surface area contributed by atoms with Gasteiger partial charge in [-0.15, -0.1) is 0 Å². The minimum atomic E-state index is -4.00. The third-order valence-corrected chi connectivity index (χ3v) is 5.69. The Morgan fingerprint density at radius 3 is 2.64 bits per heavy atom. The van der Waals surface area contributed by atoms with Crippen molar-refractivity contribution in [2.45, 2.75) is 17.4 Å². The van der Waals surface area contributed by atoms with Gasteiger partial charge in [0.25, 0.3) is 0 Å². The average Bonchev–Trinajstić information content (AvgIpc) is 2.53. The molecule has 0 fully saturated rings. The van der Waals surface area contributed by atoms with Crippen LogP contribution in [0.4, 0.5) is 4.39 Å². The molecule has 0 saturated carbocycles. The largest absolute Gasteiger partial charge is 0.353 e. The second kappa shape index (κ2) is 10.3. The number of carbonyl (C=O) groups is 1. The van der Waals surface area contributed by atoms with Crippen LogP contribution in [0.5, 0.6) is 0 Å². The molecule has 1 unspecified atom stereocenters. The summed E-state index contributed by atoms with van der Waals surface area (Å²) < 4.78 is 40.5. The van der Waals surface area contributed by atoms with E-state index in [2.05, 4.69) is 10.0 Å². The normalized spacial score (nSPS) is 13.0. The molecule has 0 spiro atoms. The van der Waals surface area contributed by atoms with Gasteiger partial charge in [-0.3, -0.25) is 4.79 Å². The molecular formula is C15H23ClFN3O3S2. The van der Waals surface area contributed by atoms with E-state index in [9.17, 15) is 17.6 Å². The Kier molecular flexibility index (Phi) is 9.15. The SMILES string of the molecule is CSCCC(NS(=O)(=O)c1ccc(F)c(Cl)c1)C(=O)NCCN(C)C. The maximum atomic E-state index is 13.2. The van der Waals surface area contributed by atoms with Crippen molar-refractivity contribution >= 4 is 39.3 Å². The molecule has 0 saturated heterocycles. The van der Waals surface area contributed by atoms with Crippen molar-refractivity contribution in [1.29, 1.82) is 0 Å². The number of nitrogens with zero attached hydrogens (tertiary/aromatic N) is 1. The van der Waals surface area contributed by atoms with Gasteiger partial charge in [0.15, 0.2) is 0 Å². The van der Waals surface area contributed by atoms with Crippen molar-refractivity contribution in [3.05, 3.63) is 29.0 Å². The highest BCUT2D eigenvalue weighted by Gasteiger charge is 2.25. The first-order chi connectivity index (χ1) is 11.7. The van der Waals surface area contributed by atoms with Crippen LogP contribution in [0.2, 0.25) is 5.02 Å². The van der Waals surface area contributed by atoms with Gasteiger partial charge < -0.3 is 10.2 Å². The van der Waals surface area contributed by atoms with Gasteiger partial charge in [-0.25, -0.2) is 12.8 Å². The van der Waals surface area contributed by atoms with Crippen LogP contribution >= 0.6 is 23.4 Å². The number of benzene rings is 1. The number of amides is 1. The lowest BCUT2D eigenvalue weighted by Crippen LogP contribution is -2.48. The summed E-state index contributed by atoms with van der Waals surface area (Å²) in [6.07, 6.45) is 2.21. The molecule has 6 nitrogen and oxygen atoms in total. The Hall–Kier alpha value is -0.870. The Morgan fingerprint density at radius 2 is 2.08 bits per heavy atom. The van der Waals surface area contributed by atoms with Crippen LogP contribution in [-0.2, 0) is 14.8 Å². The second-order valence-corrected chi connectivity index (χ2v) is 8.73. The molecule has 0 heterocycles. The molecule has 0 bridgehead atoms. The molecule has 1 aromatic rings. The summed E-state index contributed by atoms with van der Waals surface area (Å²) in [7, 11) is -0.250. The van der Waals surface area contributed by atoms with Gasteiger partial charge in [-0.05, 0) is 50.7 Å². The molecule has 0 aliphatic rings. The molecule has 142 valence electrons. The standard InChI is InChI=1S/C15H23ClFN3O3S2/c1-20(2)8-7-18-15(21)14(6-9-24-3)19-25(22,23)11-4-5-13(17)12(16)10-11/h4-5,10,14,19H,6-9H2,1-3H3,(H,18,21). The fourth-order valence-corrected chi connectivity index (χ4v) is 3.88. The Labute approximate surface area is 157 Å². The third kappa shape index (κ3) is 7.49. The number of thioether (sulfide) groups is 1. The van der Waals surface area contributed by atoms with E-state index >= 15 is 0 Å². The van der Waals surface area contributed by atoms with Gasteiger partial charge in [0, 0.05) is 13.1 Å². The van der Waals surface area contributed by atoms with Crippen molar-refractivity contribution in [3.63, 3.8) is 0 Å². The van der Waals surface area contributed by atoms with Crippen molar-refractivity contribution in [3.8, 4) is 0 Å². The molecule has 10 heteroatoms. The maximum absolute atomic E-state index is 13.2. The lowest BCUT2D eigenvalue weighted by Gasteiger charge is -2.19. The lowest BCUT2D eigenvalue weighted by molar-refractivity contribution is -0.122. The highest BCUT2D eigenvalue weighted by Crippen LogP contribution is 2.19. The predicted molar refractivity (Wildman–Crippen MR) is 100 cm³/mol. The van der Waals surface area contributed by atoms with E-state index < -0.39 is 27.8 Å². The average molecular weight is 412 g/mol. The van der Waals surface area contributed by atoms with Crippen LogP contribution < -0.4 is 10.0 Å². The summed E-state index contributed by atoms with van der Waals surface area (Å²) in [6, 6.07) is 2.20. The van der Waals surface area contributed by atoms with E-state index in [4.69, 9.17) is 11.6 Å². The first kappa shape index (κ1) is 22.2. The number of sulfonamides is 1. The zero-order valence-electron chi connectivity index (χ0n) is 14.4. The molecule has 1 rings (SSSR count). The zero-order valence-corrected chi connectivity index (χ0v) is 16.8. The van der Waals surface area contributed by atoms with Crippen LogP contribution in [0.1, 0.15) is 6.42 Å². The van der Waals surface area contributed by atoms with E-state index in [0.717, 1.165) is 18.2 Å². The molecule has 1 amide bonds. The van der Waals surface area contributed by atoms with E-state index in [1.54, 1.807) is 0 Å². The zero-order chi connectivity index (χ0) is 19.0. The second-order valence-electron chi connectivity index (χ2n) is 5.63. The fraction of sp³-hybridized carbons (Fsp3) is 0.533. The maximum Gasteiger partial charge on any atom is 0.241 e. The highest BCUT2D eigenvalue weighted by molar-refractivity contribution is 7.98. The molecule has 2 N–H and O–H groups in total. The number of rotatable bonds is 10. The van der Waals surface area contributed by atoms with Crippen molar-refractivity contribution < 1.29 is 17.6 Å². The minimum Gasteiger partial charge on any atom is -0.353 e. The first-order valence-electron chi connectivity index (χ1n) is 7.56. The highest BCUT2D eigenvalue weighted by atomic mass is 35.5. The van der Waals surface area contributed by atoms with Gasteiger partial charge in [0.05, 0.1) is 9.92 Å². The number of nitrogens with one attached hydrogen (secondary N) is 2. The van der Waals surface area contributed by atoms with E-state index in [1.807, 2.05) is 25.3 Å². The van der Waals surface area contributed by atoms with Gasteiger partial charge in [-0.2, -0.15) is 16.5 Å². The number of hydrogen-bond acceptors (Lipinski definition) is 5. The van der Waals surface area contributed by atoms with E-state index in [0.29, 0.717) is 25.3 Å². The molecular weight excluding hydrogens is 389 g/mol. The summed E-state index contributed by atoms with van der Waals surface area (Å²) in [5, 5.41) is 2.42. The molecule has 0 aliphatic carbocycles. The quantitative estimate of drug-likeness (QED) is 0.610. The molecule has 25 heavy (non-hydrogen) atoms. The van der Waals surface area contributed by atoms with Gasteiger partial charge in [0.1, 0.15) is 11.9 Å². The monoisotopic (exact) mass is 411 g/mol. The number of halogens is 2. The summed E-state index contributed by atoms with van der Waals surface area (Å²) in [5.41, 5.74) is 0. The van der Waals surface area contributed by atoms with Crippen LogP contribution in [-0.4, -0.2) is 64.5 Å². The van der Waals surface area contributed by atoms with Crippen molar-refractivity contribution in [2.75, 3.05) is 39.2 Å². The minimum absolute atomic E-state index is 0.186. The number of hydrogen-bond donors (Lipinski definition) is 2. The summed E-state index contributed by atoms with van der Waals surface area (Å²) in [6.45, 7) is 1.05. The van der Waals surface area contributed by atoms with Crippen molar-refractivity contribution in [1.82, 2.24) is 14.9 Å². The van der Waals surface area contributed by atoms with Crippen molar-refractivity contribution in [2.24, 2.45) is 0 Å². The molecule has 1 aromatic carbocycles. The molecule has 1 atom stereocenters. The van der Waals surface area contributed by atoms with Crippen LogP contribution in [0, 0.1) is 5.82 Å². The van der Waals surface area contributed by atoms with E-state index in [-0.39, 0.29) is 9.92 Å². The molecule has 0 aliphatic heterocycles. The topological polar surface area (TPSA) is 78.5 Å². The Bertz CT molecular complexity index is 687. The van der Waals surface area contributed by atoms with Crippen LogP contribution in [0.25, 0.3) is 0 Å². The Balaban J connectivity index is 2.87. The predicted octanol–water partition coefficient (Wildman–Crippen LogP) is 1.56. The molecule has 0 aromatic heterocycles. The smallest absolute Gasteiger partial charge is 0.241 e. The molecule has 0 radical (unpaired) electrons. The fourth-order valence-electron chi connectivity index (χ4n) is 1.90.